The number of methoxy groups -OCH3 is 2. The van der Waals surface area contributed by atoms with Crippen LogP contribution in [0.15, 0.2) is 48.5 Å². The molecule has 3 amide bonds. The van der Waals surface area contributed by atoms with Crippen LogP contribution in [0.25, 0.3) is 0 Å². The molecule has 1 fully saturated rings. The average Bonchev–Trinajstić information content (AvgIpc) is 2.74. The Hall–Kier alpha value is -3.55. The first-order valence-corrected chi connectivity index (χ1v) is 9.16. The van der Waals surface area contributed by atoms with E-state index in [1.807, 2.05) is 30.3 Å². The molecule has 1 saturated heterocycles. The number of piperazine rings is 1. The van der Waals surface area contributed by atoms with E-state index in [4.69, 9.17) is 9.47 Å². The topological polar surface area (TPSA) is 88.2 Å². The monoisotopic (exact) mass is 397 g/mol. The van der Waals surface area contributed by atoms with Gasteiger partial charge in [0.2, 0.25) is 5.91 Å². The van der Waals surface area contributed by atoms with Crippen molar-refractivity contribution in [3.63, 3.8) is 0 Å². The van der Waals surface area contributed by atoms with Crippen molar-refractivity contribution in [3.8, 4) is 11.5 Å². The second-order valence-electron chi connectivity index (χ2n) is 6.56. The summed E-state index contributed by atoms with van der Waals surface area (Å²) in [6.07, 6.45) is 0. The molecule has 0 saturated carbocycles. The van der Waals surface area contributed by atoms with Gasteiger partial charge in [0.15, 0.2) is 11.5 Å². The van der Waals surface area contributed by atoms with Crippen LogP contribution >= 0.6 is 0 Å². The Kier molecular flexibility index (Phi) is 6.33. The zero-order valence-corrected chi connectivity index (χ0v) is 16.4. The zero-order chi connectivity index (χ0) is 20.8. The molecule has 8 heteroatoms. The van der Waals surface area contributed by atoms with Crippen molar-refractivity contribution in [1.29, 1.82) is 0 Å². The molecule has 0 bridgehead atoms. The molecule has 1 heterocycles. The molecule has 0 aliphatic carbocycles. The molecule has 1 aliphatic rings. The van der Waals surface area contributed by atoms with Gasteiger partial charge in [-0.25, -0.2) is 0 Å². The normalized spacial score (nSPS) is 14.0. The Morgan fingerprint density at radius 1 is 0.931 bits per heavy atom. The second-order valence-corrected chi connectivity index (χ2v) is 6.56. The van der Waals surface area contributed by atoms with Crippen molar-refractivity contribution in [1.82, 2.24) is 9.80 Å². The second kappa shape index (κ2) is 9.09. The molecule has 0 atom stereocenters. The highest BCUT2D eigenvalue weighted by Gasteiger charge is 2.33. The third-order valence-corrected chi connectivity index (χ3v) is 4.62. The van der Waals surface area contributed by atoms with Crippen molar-refractivity contribution >= 4 is 23.4 Å². The first kappa shape index (κ1) is 20.2. The van der Waals surface area contributed by atoms with E-state index in [9.17, 15) is 14.4 Å². The quantitative estimate of drug-likeness (QED) is 0.716. The summed E-state index contributed by atoms with van der Waals surface area (Å²) in [4.78, 5) is 39.9. The zero-order valence-electron chi connectivity index (χ0n) is 16.4. The van der Waals surface area contributed by atoms with Gasteiger partial charge in [-0.3, -0.25) is 14.4 Å². The maximum atomic E-state index is 12.4. The molecule has 3 rings (SSSR count). The van der Waals surface area contributed by atoms with Crippen LogP contribution in [0.2, 0.25) is 0 Å². The van der Waals surface area contributed by atoms with E-state index in [-0.39, 0.29) is 6.54 Å². The van der Waals surface area contributed by atoms with Gasteiger partial charge in [0, 0.05) is 31.4 Å². The first-order valence-electron chi connectivity index (χ1n) is 9.16. The van der Waals surface area contributed by atoms with Crippen LogP contribution in [0.5, 0.6) is 11.5 Å². The number of hydrogen-bond acceptors (Lipinski definition) is 5. The molecule has 8 nitrogen and oxygen atoms in total. The molecular formula is C21H23N3O5. The smallest absolute Gasteiger partial charge is 0.312 e. The summed E-state index contributed by atoms with van der Waals surface area (Å²) in [5.74, 6) is -0.643. The Bertz CT molecular complexity index is 900. The lowest BCUT2D eigenvalue weighted by Crippen LogP contribution is -2.55. The summed E-state index contributed by atoms with van der Waals surface area (Å²) < 4.78 is 10.4. The van der Waals surface area contributed by atoms with Crippen LogP contribution in [0.1, 0.15) is 5.56 Å². The molecule has 0 spiro atoms. The summed E-state index contributed by atoms with van der Waals surface area (Å²) in [5.41, 5.74) is 1.46. The summed E-state index contributed by atoms with van der Waals surface area (Å²) in [6.45, 7) is 0.856. The predicted molar refractivity (Wildman–Crippen MR) is 107 cm³/mol. The van der Waals surface area contributed by atoms with E-state index in [1.165, 1.54) is 24.0 Å². The number of benzene rings is 2. The third kappa shape index (κ3) is 4.84. The molecule has 152 valence electrons. The van der Waals surface area contributed by atoms with Gasteiger partial charge < -0.3 is 24.6 Å². The van der Waals surface area contributed by atoms with Gasteiger partial charge in [-0.15, -0.1) is 0 Å². The lowest BCUT2D eigenvalue weighted by molar-refractivity contribution is -0.157. The van der Waals surface area contributed by atoms with Crippen LogP contribution in [0.4, 0.5) is 5.69 Å². The van der Waals surface area contributed by atoms with E-state index in [0.29, 0.717) is 36.8 Å². The summed E-state index contributed by atoms with van der Waals surface area (Å²) in [5, 5.41) is 2.71. The highest BCUT2D eigenvalue weighted by atomic mass is 16.5. The number of rotatable bonds is 7. The third-order valence-electron chi connectivity index (χ3n) is 4.62. The number of carbonyl (C=O) groups is 3. The Morgan fingerprint density at radius 2 is 1.59 bits per heavy atom. The SMILES string of the molecule is COc1ccc(NC(=O)CN2CCN(Cc3ccccc3)C(=O)C2=O)cc1OC. The molecule has 29 heavy (non-hydrogen) atoms. The van der Waals surface area contributed by atoms with E-state index in [0.717, 1.165) is 5.56 Å². The van der Waals surface area contributed by atoms with Crippen molar-refractivity contribution in [2.75, 3.05) is 39.2 Å². The highest BCUT2D eigenvalue weighted by Crippen LogP contribution is 2.29. The van der Waals surface area contributed by atoms with Crippen LogP contribution in [0.3, 0.4) is 0 Å². The lowest BCUT2D eigenvalue weighted by atomic mass is 10.2. The average molecular weight is 397 g/mol. The number of nitrogens with zero attached hydrogens (tertiary/aromatic N) is 2. The van der Waals surface area contributed by atoms with Crippen LogP contribution < -0.4 is 14.8 Å². The molecule has 0 aromatic heterocycles. The molecule has 2 aromatic rings. The number of ether oxygens (including phenoxy) is 2. The van der Waals surface area contributed by atoms with Gasteiger partial charge in [0.05, 0.1) is 14.2 Å². The largest absolute Gasteiger partial charge is 0.493 e. The highest BCUT2D eigenvalue weighted by molar-refractivity contribution is 6.35. The van der Waals surface area contributed by atoms with Crippen LogP contribution in [0, 0.1) is 0 Å². The maximum absolute atomic E-state index is 12.4. The van der Waals surface area contributed by atoms with E-state index in [2.05, 4.69) is 5.32 Å². The fraction of sp³-hybridized carbons (Fsp3) is 0.286. The first-order chi connectivity index (χ1) is 14.0. The summed E-state index contributed by atoms with van der Waals surface area (Å²) in [7, 11) is 3.03. The summed E-state index contributed by atoms with van der Waals surface area (Å²) >= 11 is 0. The molecule has 1 aliphatic heterocycles. The number of nitrogens with one attached hydrogen (secondary N) is 1. The van der Waals surface area contributed by atoms with E-state index < -0.39 is 17.7 Å². The van der Waals surface area contributed by atoms with Crippen LogP contribution in [-0.4, -0.2) is 61.4 Å². The molecule has 2 aromatic carbocycles. The molecule has 0 radical (unpaired) electrons. The Morgan fingerprint density at radius 3 is 2.28 bits per heavy atom. The van der Waals surface area contributed by atoms with Crippen LogP contribution in [-0.2, 0) is 20.9 Å². The summed E-state index contributed by atoms with van der Waals surface area (Å²) in [6, 6.07) is 14.4. The molecular weight excluding hydrogens is 374 g/mol. The fourth-order valence-corrected chi connectivity index (χ4v) is 3.11. The van der Waals surface area contributed by atoms with Crippen molar-refractivity contribution < 1.29 is 23.9 Å². The van der Waals surface area contributed by atoms with Gasteiger partial charge >= 0.3 is 11.8 Å². The van der Waals surface area contributed by atoms with Crippen molar-refractivity contribution in [3.05, 3.63) is 54.1 Å². The van der Waals surface area contributed by atoms with Gasteiger partial charge in [-0.1, -0.05) is 30.3 Å². The lowest BCUT2D eigenvalue weighted by Gasteiger charge is -2.33. The standard InChI is InChI=1S/C21H23N3O5/c1-28-17-9-8-16(12-18(17)29-2)22-19(25)14-24-11-10-23(20(26)21(24)27)13-15-6-4-3-5-7-15/h3-9,12H,10-11,13-14H2,1-2H3,(H,22,25). The number of hydrogen-bond donors (Lipinski definition) is 1. The number of carbonyl (C=O) groups excluding carboxylic acids is 3. The van der Waals surface area contributed by atoms with E-state index in [1.54, 1.807) is 18.2 Å². The molecule has 1 N–H and O–H groups in total. The molecule has 0 unspecified atom stereocenters. The number of amides is 3. The Labute approximate surface area is 169 Å². The number of anilines is 1. The minimum atomic E-state index is -0.672. The van der Waals surface area contributed by atoms with Gasteiger partial charge in [0.1, 0.15) is 6.54 Å². The van der Waals surface area contributed by atoms with Crippen molar-refractivity contribution in [2.45, 2.75) is 6.54 Å². The van der Waals surface area contributed by atoms with E-state index >= 15 is 0 Å². The van der Waals surface area contributed by atoms with Gasteiger partial charge in [-0.05, 0) is 17.7 Å². The maximum Gasteiger partial charge on any atom is 0.312 e. The van der Waals surface area contributed by atoms with Gasteiger partial charge in [0.25, 0.3) is 0 Å². The Balaban J connectivity index is 1.57. The minimum absolute atomic E-state index is 0.196. The fourth-order valence-electron chi connectivity index (χ4n) is 3.11. The van der Waals surface area contributed by atoms with Gasteiger partial charge in [-0.2, -0.15) is 0 Å². The predicted octanol–water partition coefficient (Wildman–Crippen LogP) is 1.51. The minimum Gasteiger partial charge on any atom is -0.493 e. The van der Waals surface area contributed by atoms with Crippen molar-refractivity contribution in [2.24, 2.45) is 0 Å².